The summed E-state index contributed by atoms with van der Waals surface area (Å²) in [7, 11) is 0. The summed E-state index contributed by atoms with van der Waals surface area (Å²) in [6, 6.07) is 15.5. The molecule has 6 nitrogen and oxygen atoms in total. The number of imidazole rings is 1. The van der Waals surface area contributed by atoms with Crippen molar-refractivity contribution >= 4 is 16.9 Å². The highest BCUT2D eigenvalue weighted by atomic mass is 16.4. The Bertz CT molecular complexity index is 1270. The van der Waals surface area contributed by atoms with Gasteiger partial charge >= 0.3 is 5.63 Å². The number of fused-ring (bicyclic) bond motifs is 1. The highest BCUT2D eigenvalue weighted by molar-refractivity contribution is 5.93. The minimum absolute atomic E-state index is 0.372. The number of rotatable bonds is 7. The van der Waals surface area contributed by atoms with Crippen molar-refractivity contribution in [1.29, 1.82) is 0 Å². The van der Waals surface area contributed by atoms with Crippen molar-refractivity contribution in [2.45, 2.75) is 45.8 Å². The van der Waals surface area contributed by atoms with Gasteiger partial charge in [-0.3, -0.25) is 0 Å². The lowest BCUT2D eigenvalue weighted by Gasteiger charge is -2.23. The molecule has 0 atom stereocenters. The second-order valence-electron chi connectivity index (χ2n) is 7.92. The third kappa shape index (κ3) is 4.25. The summed E-state index contributed by atoms with van der Waals surface area (Å²) in [5.74, 6) is 0.588. The Morgan fingerprint density at radius 2 is 1.94 bits per heavy atom. The maximum absolute atomic E-state index is 12.2. The Balaban J connectivity index is 1.59. The molecule has 0 fully saturated rings. The largest absolute Gasteiger partial charge is 0.423 e. The molecule has 0 aliphatic heterocycles. The van der Waals surface area contributed by atoms with Gasteiger partial charge < -0.3 is 19.8 Å². The molecule has 0 aliphatic rings. The number of nitrogens with one attached hydrogen (secondary N) is 2. The van der Waals surface area contributed by atoms with E-state index in [4.69, 9.17) is 4.42 Å². The van der Waals surface area contributed by atoms with Gasteiger partial charge in [-0.2, -0.15) is 0 Å². The van der Waals surface area contributed by atoms with E-state index in [2.05, 4.69) is 21.4 Å². The lowest BCUT2D eigenvalue weighted by Crippen LogP contribution is -2.23. The molecular formula is C25H27N3O3. The van der Waals surface area contributed by atoms with Gasteiger partial charge in [0.1, 0.15) is 11.2 Å². The zero-order valence-corrected chi connectivity index (χ0v) is 18.0. The maximum Gasteiger partial charge on any atom is 0.336 e. The van der Waals surface area contributed by atoms with Crippen molar-refractivity contribution < 1.29 is 9.52 Å². The average Bonchev–Trinajstić information content (AvgIpc) is 3.26. The number of anilines is 1. The Kier molecular flexibility index (Phi) is 5.65. The number of aromatic amines is 1. The van der Waals surface area contributed by atoms with Gasteiger partial charge in [0.25, 0.3) is 0 Å². The van der Waals surface area contributed by atoms with E-state index in [1.54, 1.807) is 12.3 Å². The van der Waals surface area contributed by atoms with Crippen molar-refractivity contribution in [2.75, 3.05) is 5.32 Å². The molecule has 4 rings (SSSR count). The number of hydrogen-bond acceptors (Lipinski definition) is 5. The van der Waals surface area contributed by atoms with E-state index in [9.17, 15) is 9.90 Å². The van der Waals surface area contributed by atoms with Gasteiger partial charge in [-0.15, -0.1) is 0 Å². The molecule has 4 aromatic rings. The third-order valence-corrected chi connectivity index (χ3v) is 5.84. The van der Waals surface area contributed by atoms with Crippen molar-refractivity contribution in [3.05, 3.63) is 82.0 Å². The fraction of sp³-hybridized carbons (Fsp3) is 0.280. The Morgan fingerprint density at radius 1 is 1.13 bits per heavy atom. The second-order valence-corrected chi connectivity index (χ2v) is 7.92. The number of aliphatic hydroxyl groups is 1. The molecule has 0 radical (unpaired) electrons. The molecule has 2 heterocycles. The van der Waals surface area contributed by atoms with Crippen LogP contribution in [0.2, 0.25) is 0 Å². The molecular weight excluding hydrogens is 390 g/mol. The number of hydrogen-bond donors (Lipinski definition) is 3. The molecule has 0 bridgehead atoms. The number of H-pyrrole nitrogens is 1. The molecule has 160 valence electrons. The van der Waals surface area contributed by atoms with E-state index >= 15 is 0 Å². The van der Waals surface area contributed by atoms with E-state index < -0.39 is 5.60 Å². The predicted octanol–water partition coefficient (Wildman–Crippen LogP) is 5.11. The number of nitrogens with zero attached hydrogens (tertiary/aromatic N) is 1. The van der Waals surface area contributed by atoms with Crippen molar-refractivity contribution in [1.82, 2.24) is 9.97 Å². The molecule has 0 unspecified atom stereocenters. The number of benzene rings is 2. The highest BCUT2D eigenvalue weighted by Gasteiger charge is 2.27. The molecule has 31 heavy (non-hydrogen) atoms. The summed E-state index contributed by atoms with van der Waals surface area (Å²) in [5.41, 5.74) is 3.93. The van der Waals surface area contributed by atoms with Crippen molar-refractivity contribution in [3.63, 3.8) is 0 Å². The SMILES string of the molecule is CCC(O)(CC)c1cnc(NCc2ccc3c(-c4cccc(C)c4)cc(=O)oc3c2)[nH]1. The molecule has 2 aromatic heterocycles. The van der Waals surface area contributed by atoms with Crippen LogP contribution in [-0.4, -0.2) is 15.1 Å². The summed E-state index contributed by atoms with van der Waals surface area (Å²) < 4.78 is 5.48. The Labute approximate surface area is 181 Å². The fourth-order valence-electron chi connectivity index (χ4n) is 3.83. The predicted molar refractivity (Wildman–Crippen MR) is 123 cm³/mol. The average molecular weight is 418 g/mol. The molecule has 0 spiro atoms. The molecule has 6 heteroatoms. The van der Waals surface area contributed by atoms with E-state index in [0.717, 1.165) is 27.6 Å². The fourth-order valence-corrected chi connectivity index (χ4v) is 3.83. The normalized spacial score (nSPS) is 11.7. The molecule has 0 amide bonds. The van der Waals surface area contributed by atoms with Crippen LogP contribution in [0, 0.1) is 6.92 Å². The van der Waals surface area contributed by atoms with Gasteiger partial charge in [0, 0.05) is 18.0 Å². The van der Waals surface area contributed by atoms with Crippen LogP contribution in [0.25, 0.3) is 22.1 Å². The van der Waals surface area contributed by atoms with Crippen LogP contribution in [-0.2, 0) is 12.1 Å². The minimum atomic E-state index is -0.897. The van der Waals surface area contributed by atoms with Crippen LogP contribution in [0.4, 0.5) is 5.95 Å². The van der Waals surface area contributed by atoms with E-state index in [0.29, 0.717) is 36.6 Å². The first kappa shape index (κ1) is 20.9. The van der Waals surface area contributed by atoms with Crippen LogP contribution in [0.5, 0.6) is 0 Å². The van der Waals surface area contributed by atoms with Crippen LogP contribution in [0.15, 0.2) is 63.9 Å². The molecule has 0 saturated carbocycles. The van der Waals surface area contributed by atoms with Gasteiger partial charge in [0.2, 0.25) is 5.95 Å². The number of aryl methyl sites for hydroxylation is 1. The van der Waals surface area contributed by atoms with E-state index in [1.165, 1.54) is 0 Å². The van der Waals surface area contributed by atoms with Gasteiger partial charge in [-0.25, -0.2) is 9.78 Å². The standard InChI is InChI=1S/C25H27N3O3/c1-4-25(30,5-2)22-15-27-24(28-22)26-14-17-9-10-19-20(13-23(29)31-21(19)12-17)18-8-6-7-16(3)11-18/h6-13,15,30H,4-5,14H2,1-3H3,(H2,26,27,28). The molecule has 0 aliphatic carbocycles. The number of aromatic nitrogens is 2. The second kappa shape index (κ2) is 8.40. The zero-order valence-electron chi connectivity index (χ0n) is 18.0. The van der Waals surface area contributed by atoms with E-state index in [1.807, 2.05) is 57.2 Å². The van der Waals surface area contributed by atoms with Gasteiger partial charge in [-0.05, 0) is 42.5 Å². The Morgan fingerprint density at radius 3 is 2.68 bits per heavy atom. The van der Waals surface area contributed by atoms with Gasteiger partial charge in [-0.1, -0.05) is 55.8 Å². The van der Waals surface area contributed by atoms with Crippen LogP contribution >= 0.6 is 0 Å². The van der Waals surface area contributed by atoms with Crippen LogP contribution < -0.4 is 10.9 Å². The molecule has 0 saturated heterocycles. The first-order valence-electron chi connectivity index (χ1n) is 10.6. The minimum Gasteiger partial charge on any atom is -0.423 e. The van der Waals surface area contributed by atoms with Crippen molar-refractivity contribution in [2.24, 2.45) is 0 Å². The van der Waals surface area contributed by atoms with E-state index in [-0.39, 0.29) is 5.63 Å². The summed E-state index contributed by atoms with van der Waals surface area (Å²) in [6.07, 6.45) is 2.89. The van der Waals surface area contributed by atoms with Crippen molar-refractivity contribution in [3.8, 4) is 11.1 Å². The summed E-state index contributed by atoms with van der Waals surface area (Å²) in [6.45, 7) is 6.43. The van der Waals surface area contributed by atoms with Gasteiger partial charge in [0.15, 0.2) is 0 Å². The lowest BCUT2D eigenvalue weighted by molar-refractivity contribution is 0.0245. The topological polar surface area (TPSA) is 91.2 Å². The van der Waals surface area contributed by atoms with Crippen LogP contribution in [0.1, 0.15) is 43.5 Å². The molecule has 2 aromatic carbocycles. The highest BCUT2D eigenvalue weighted by Crippen LogP contribution is 2.29. The summed E-state index contributed by atoms with van der Waals surface area (Å²) in [4.78, 5) is 19.7. The first-order valence-corrected chi connectivity index (χ1v) is 10.6. The van der Waals surface area contributed by atoms with Gasteiger partial charge in [0.05, 0.1) is 11.9 Å². The lowest BCUT2D eigenvalue weighted by atomic mass is 9.94. The first-order chi connectivity index (χ1) is 14.9. The third-order valence-electron chi connectivity index (χ3n) is 5.84. The smallest absolute Gasteiger partial charge is 0.336 e. The monoisotopic (exact) mass is 417 g/mol. The quantitative estimate of drug-likeness (QED) is 0.364. The Hall–Kier alpha value is -3.38. The van der Waals surface area contributed by atoms with Crippen LogP contribution in [0.3, 0.4) is 0 Å². The maximum atomic E-state index is 12.2. The molecule has 3 N–H and O–H groups in total. The summed E-state index contributed by atoms with van der Waals surface area (Å²) in [5, 5.41) is 14.8. The zero-order chi connectivity index (χ0) is 22.0. The summed E-state index contributed by atoms with van der Waals surface area (Å²) >= 11 is 0.